The number of fused-ring (bicyclic) bond motifs is 1. The SMILES string of the molecule is Cc1noc2nc(-c3ccccc3)cc(C(=O)NC(CN3CCOCC3)c3ccccc3)c12. The highest BCUT2D eigenvalue weighted by molar-refractivity contribution is 6.07. The summed E-state index contributed by atoms with van der Waals surface area (Å²) in [4.78, 5) is 20.6. The summed E-state index contributed by atoms with van der Waals surface area (Å²) in [5, 5.41) is 7.97. The maximum Gasteiger partial charge on any atom is 0.259 e. The number of pyridine rings is 1. The van der Waals surface area contributed by atoms with Gasteiger partial charge in [-0.1, -0.05) is 65.8 Å². The standard InChI is InChI=1S/C26H26N4O3/c1-18-24-21(16-22(28-26(24)33-29-18)19-8-4-2-5-9-19)25(31)27-23(20-10-6-3-7-11-20)17-30-12-14-32-15-13-30/h2-11,16,23H,12-15,17H2,1H3,(H,27,31). The number of nitrogens with zero attached hydrogens (tertiary/aromatic N) is 3. The van der Waals surface area contributed by atoms with Gasteiger partial charge in [0.2, 0.25) is 0 Å². The summed E-state index contributed by atoms with van der Waals surface area (Å²) in [7, 11) is 0. The van der Waals surface area contributed by atoms with E-state index in [0.29, 0.717) is 47.8 Å². The van der Waals surface area contributed by atoms with Crippen LogP contribution in [0.15, 0.2) is 71.3 Å². The van der Waals surface area contributed by atoms with Crippen LogP contribution in [0.1, 0.15) is 27.7 Å². The predicted molar refractivity (Wildman–Crippen MR) is 126 cm³/mol. The van der Waals surface area contributed by atoms with E-state index >= 15 is 0 Å². The number of morpholine rings is 1. The number of aromatic nitrogens is 2. The minimum atomic E-state index is -0.173. The smallest absolute Gasteiger partial charge is 0.259 e. The van der Waals surface area contributed by atoms with Gasteiger partial charge in [0.15, 0.2) is 0 Å². The number of hydrogen-bond donors (Lipinski definition) is 1. The molecule has 0 spiro atoms. The van der Waals surface area contributed by atoms with Gasteiger partial charge in [-0.2, -0.15) is 0 Å². The number of amides is 1. The molecule has 1 aliphatic heterocycles. The first kappa shape index (κ1) is 21.3. The van der Waals surface area contributed by atoms with Crippen LogP contribution in [0, 0.1) is 6.92 Å². The lowest BCUT2D eigenvalue weighted by Gasteiger charge is -2.31. The minimum Gasteiger partial charge on any atom is -0.379 e. The molecule has 5 rings (SSSR count). The largest absolute Gasteiger partial charge is 0.379 e. The molecule has 1 amide bonds. The summed E-state index contributed by atoms with van der Waals surface area (Å²) in [5.74, 6) is -0.173. The molecule has 2 aromatic carbocycles. The second-order valence-electron chi connectivity index (χ2n) is 8.22. The maximum atomic E-state index is 13.7. The molecule has 1 aliphatic rings. The fourth-order valence-electron chi connectivity index (χ4n) is 4.23. The fourth-order valence-corrected chi connectivity index (χ4v) is 4.23. The first-order chi connectivity index (χ1) is 16.2. The Balaban J connectivity index is 1.50. The van der Waals surface area contributed by atoms with Crippen molar-refractivity contribution in [3.05, 3.63) is 83.6 Å². The Bertz CT molecular complexity index is 1230. The third kappa shape index (κ3) is 4.65. The Morgan fingerprint density at radius 3 is 2.48 bits per heavy atom. The Kier molecular flexibility index (Phi) is 6.15. The Labute approximate surface area is 192 Å². The van der Waals surface area contributed by atoms with Crippen molar-refractivity contribution >= 4 is 17.0 Å². The quantitative estimate of drug-likeness (QED) is 0.486. The molecule has 0 bridgehead atoms. The van der Waals surface area contributed by atoms with E-state index in [4.69, 9.17) is 9.26 Å². The van der Waals surface area contributed by atoms with Crippen LogP contribution in [0.25, 0.3) is 22.4 Å². The summed E-state index contributed by atoms with van der Waals surface area (Å²) < 4.78 is 10.9. The first-order valence-corrected chi connectivity index (χ1v) is 11.2. The molecule has 1 N–H and O–H groups in total. The van der Waals surface area contributed by atoms with Crippen molar-refractivity contribution in [2.75, 3.05) is 32.8 Å². The zero-order valence-electron chi connectivity index (χ0n) is 18.5. The van der Waals surface area contributed by atoms with Gasteiger partial charge in [0.05, 0.1) is 41.6 Å². The number of aryl methyl sites for hydroxylation is 1. The van der Waals surface area contributed by atoms with Gasteiger partial charge in [-0.3, -0.25) is 9.69 Å². The topological polar surface area (TPSA) is 80.5 Å². The van der Waals surface area contributed by atoms with E-state index in [1.807, 2.05) is 73.7 Å². The number of carbonyl (C=O) groups is 1. The average molecular weight is 443 g/mol. The molecule has 0 saturated carbocycles. The monoisotopic (exact) mass is 442 g/mol. The van der Waals surface area contributed by atoms with Gasteiger partial charge >= 0.3 is 0 Å². The molecule has 168 valence electrons. The van der Waals surface area contributed by atoms with Crippen molar-refractivity contribution in [1.29, 1.82) is 0 Å². The molecule has 1 saturated heterocycles. The van der Waals surface area contributed by atoms with Crippen molar-refractivity contribution in [1.82, 2.24) is 20.4 Å². The number of hydrogen-bond acceptors (Lipinski definition) is 6. The lowest BCUT2D eigenvalue weighted by atomic mass is 10.0. The van der Waals surface area contributed by atoms with Crippen LogP contribution in [0.2, 0.25) is 0 Å². The molecular formula is C26H26N4O3. The van der Waals surface area contributed by atoms with Crippen molar-refractivity contribution in [2.45, 2.75) is 13.0 Å². The van der Waals surface area contributed by atoms with Crippen LogP contribution in [0.4, 0.5) is 0 Å². The number of benzene rings is 2. The number of nitrogens with one attached hydrogen (secondary N) is 1. The van der Waals surface area contributed by atoms with E-state index < -0.39 is 0 Å². The second kappa shape index (κ2) is 9.52. The Morgan fingerprint density at radius 2 is 1.76 bits per heavy atom. The van der Waals surface area contributed by atoms with Crippen LogP contribution in [0.3, 0.4) is 0 Å². The zero-order chi connectivity index (χ0) is 22.6. The first-order valence-electron chi connectivity index (χ1n) is 11.2. The minimum absolute atomic E-state index is 0.166. The Hall–Kier alpha value is -3.55. The molecule has 2 aromatic heterocycles. The summed E-state index contributed by atoms with van der Waals surface area (Å²) >= 11 is 0. The van der Waals surface area contributed by atoms with E-state index in [9.17, 15) is 4.79 Å². The molecule has 7 nitrogen and oxygen atoms in total. The van der Waals surface area contributed by atoms with Gasteiger partial charge < -0.3 is 14.6 Å². The normalized spacial score (nSPS) is 15.4. The molecule has 0 aliphatic carbocycles. The highest BCUT2D eigenvalue weighted by atomic mass is 16.5. The van der Waals surface area contributed by atoms with E-state index in [-0.39, 0.29) is 11.9 Å². The molecule has 0 radical (unpaired) electrons. The van der Waals surface area contributed by atoms with Crippen LogP contribution < -0.4 is 5.32 Å². The summed E-state index contributed by atoms with van der Waals surface area (Å²) in [6.45, 7) is 5.65. The van der Waals surface area contributed by atoms with E-state index in [1.165, 1.54) is 0 Å². The zero-order valence-corrected chi connectivity index (χ0v) is 18.5. The third-order valence-corrected chi connectivity index (χ3v) is 5.98. The van der Waals surface area contributed by atoms with Gasteiger partial charge in [-0.05, 0) is 18.6 Å². The molecule has 7 heteroatoms. The predicted octanol–water partition coefficient (Wildman–Crippen LogP) is 4.00. The lowest BCUT2D eigenvalue weighted by molar-refractivity contribution is 0.0332. The molecule has 1 atom stereocenters. The van der Waals surface area contributed by atoms with Crippen LogP contribution >= 0.6 is 0 Å². The highest BCUT2D eigenvalue weighted by Crippen LogP contribution is 2.27. The average Bonchev–Trinajstić information content (AvgIpc) is 3.25. The van der Waals surface area contributed by atoms with Gasteiger partial charge in [-0.15, -0.1) is 0 Å². The van der Waals surface area contributed by atoms with E-state index in [0.717, 1.165) is 24.2 Å². The maximum absolute atomic E-state index is 13.7. The number of rotatable bonds is 6. The molecule has 4 aromatic rings. The van der Waals surface area contributed by atoms with Crippen LogP contribution in [-0.2, 0) is 4.74 Å². The van der Waals surface area contributed by atoms with E-state index in [1.54, 1.807) is 0 Å². The molecular weight excluding hydrogens is 416 g/mol. The van der Waals surface area contributed by atoms with Gasteiger partial charge in [-0.25, -0.2) is 4.98 Å². The second-order valence-corrected chi connectivity index (χ2v) is 8.22. The van der Waals surface area contributed by atoms with Crippen molar-refractivity contribution in [3.8, 4) is 11.3 Å². The Morgan fingerprint density at radius 1 is 1.06 bits per heavy atom. The highest BCUT2D eigenvalue weighted by Gasteiger charge is 2.24. The summed E-state index contributed by atoms with van der Waals surface area (Å²) in [5.41, 5.74) is 4.17. The summed E-state index contributed by atoms with van der Waals surface area (Å²) in [6, 6.07) is 21.5. The third-order valence-electron chi connectivity index (χ3n) is 5.98. The van der Waals surface area contributed by atoms with Crippen LogP contribution in [0.5, 0.6) is 0 Å². The fraction of sp³-hybridized carbons (Fsp3) is 0.269. The number of carbonyl (C=O) groups excluding carboxylic acids is 1. The van der Waals surface area contributed by atoms with Crippen molar-refractivity contribution in [3.63, 3.8) is 0 Å². The molecule has 1 fully saturated rings. The van der Waals surface area contributed by atoms with Crippen molar-refractivity contribution < 1.29 is 14.1 Å². The lowest BCUT2D eigenvalue weighted by Crippen LogP contribution is -2.43. The molecule has 3 heterocycles. The van der Waals surface area contributed by atoms with E-state index in [2.05, 4.69) is 20.4 Å². The van der Waals surface area contributed by atoms with Gasteiger partial charge in [0, 0.05) is 25.2 Å². The number of ether oxygens (including phenoxy) is 1. The summed E-state index contributed by atoms with van der Waals surface area (Å²) in [6.07, 6.45) is 0. The van der Waals surface area contributed by atoms with Gasteiger partial charge in [0.1, 0.15) is 0 Å². The van der Waals surface area contributed by atoms with Gasteiger partial charge in [0.25, 0.3) is 11.6 Å². The molecule has 33 heavy (non-hydrogen) atoms. The molecule has 1 unspecified atom stereocenters. The van der Waals surface area contributed by atoms with Crippen molar-refractivity contribution in [2.24, 2.45) is 0 Å². The van der Waals surface area contributed by atoms with Crippen LogP contribution in [-0.4, -0.2) is 53.8 Å².